The van der Waals surface area contributed by atoms with Crippen molar-refractivity contribution in [1.82, 2.24) is 4.98 Å². The smallest absolute Gasteiger partial charge is 0.104 e. The number of aromatic nitrogens is 1. The van der Waals surface area contributed by atoms with E-state index in [2.05, 4.69) is 30.1 Å². The van der Waals surface area contributed by atoms with E-state index in [-0.39, 0.29) is 40.1 Å². The number of fused-ring (bicyclic) bond motifs is 3. The molecule has 0 spiro atoms. The van der Waals surface area contributed by atoms with Gasteiger partial charge in [0, 0.05) is 43.6 Å². The van der Waals surface area contributed by atoms with Gasteiger partial charge in [-0.15, -0.1) is 0 Å². The van der Waals surface area contributed by atoms with E-state index < -0.39 is 5.60 Å². The molecule has 0 saturated carbocycles. The Morgan fingerprint density at radius 2 is 1.70 bits per heavy atom. The fourth-order valence-electron chi connectivity index (χ4n) is 3.00. The molecule has 0 bridgehead atoms. The molecule has 1 aliphatic carbocycles. The zero-order valence-electron chi connectivity index (χ0n) is 16.0. The van der Waals surface area contributed by atoms with Crippen LogP contribution in [0.2, 0.25) is 0 Å². The van der Waals surface area contributed by atoms with Crippen LogP contribution >= 0.6 is 0 Å². The van der Waals surface area contributed by atoms with Crippen molar-refractivity contribution in [2.24, 2.45) is 5.92 Å². The van der Waals surface area contributed by atoms with Crippen molar-refractivity contribution < 1.29 is 37.8 Å². The SMILES string of the molecule is CC.CC.CC1CCCc2c([nH]c3ccccc23)C1(C)O.[CH3-].[Y]. The summed E-state index contributed by atoms with van der Waals surface area (Å²) >= 11 is 0. The number of nitrogens with one attached hydrogen (secondary N) is 1. The quantitative estimate of drug-likeness (QED) is 0.428. The van der Waals surface area contributed by atoms with Crippen molar-refractivity contribution in [3.63, 3.8) is 0 Å². The Morgan fingerprint density at radius 1 is 1.13 bits per heavy atom. The van der Waals surface area contributed by atoms with Crippen LogP contribution in [0.3, 0.4) is 0 Å². The summed E-state index contributed by atoms with van der Waals surface area (Å²) in [5, 5.41) is 12.0. The van der Waals surface area contributed by atoms with Gasteiger partial charge in [-0.2, -0.15) is 0 Å². The summed E-state index contributed by atoms with van der Waals surface area (Å²) < 4.78 is 0. The number of rotatable bonds is 0. The monoisotopic (exact) mass is 393 g/mol. The average molecular weight is 393 g/mol. The Balaban J connectivity index is 0. The number of benzene rings is 1. The van der Waals surface area contributed by atoms with E-state index >= 15 is 0 Å². The van der Waals surface area contributed by atoms with Gasteiger partial charge in [-0.1, -0.05) is 52.8 Å². The standard InChI is InChI=1S/C15H19NO.2C2H6.CH3.Y/c1-10-6-5-8-12-11-7-3-4-9-13(11)16-14(12)15(10,2)17;2*1-2;;/h3-4,7,9-10,16-17H,5-6,8H2,1-2H3;2*1-2H3;1H3;/q;;;-1;. The van der Waals surface area contributed by atoms with Crippen molar-refractivity contribution >= 4 is 10.9 Å². The predicted octanol–water partition coefficient (Wildman–Crippen LogP) is 5.85. The summed E-state index contributed by atoms with van der Waals surface area (Å²) in [6.45, 7) is 12.1. The van der Waals surface area contributed by atoms with Crippen LogP contribution in [-0.2, 0) is 44.7 Å². The summed E-state index contributed by atoms with van der Waals surface area (Å²) in [7, 11) is 0. The average Bonchev–Trinajstić information content (AvgIpc) is 2.86. The summed E-state index contributed by atoms with van der Waals surface area (Å²) in [6, 6.07) is 8.34. The van der Waals surface area contributed by atoms with Crippen LogP contribution in [0.5, 0.6) is 0 Å². The number of para-hydroxylation sites is 1. The first-order chi connectivity index (χ1) is 10.1. The topological polar surface area (TPSA) is 36.0 Å². The molecule has 2 unspecified atom stereocenters. The summed E-state index contributed by atoms with van der Waals surface area (Å²) in [4.78, 5) is 3.43. The molecule has 3 heteroatoms. The van der Waals surface area contributed by atoms with Gasteiger partial charge in [0.2, 0.25) is 0 Å². The third-order valence-corrected chi connectivity index (χ3v) is 4.34. The first-order valence-electron chi connectivity index (χ1n) is 8.43. The molecule has 1 aromatic carbocycles. The Hall–Kier alpha value is -0.176. The third kappa shape index (κ3) is 5.15. The second kappa shape index (κ2) is 11.4. The van der Waals surface area contributed by atoms with Crippen LogP contribution in [0.25, 0.3) is 10.9 Å². The number of H-pyrrole nitrogens is 1. The molecule has 2 aromatic rings. The maximum Gasteiger partial charge on any atom is 0.104 e. The molecule has 1 radical (unpaired) electrons. The number of hydrogen-bond acceptors (Lipinski definition) is 1. The molecule has 2 atom stereocenters. The molecule has 129 valence electrons. The molecule has 2 N–H and O–H groups in total. The predicted molar refractivity (Wildman–Crippen MR) is 99.1 cm³/mol. The Labute approximate surface area is 168 Å². The zero-order valence-corrected chi connectivity index (χ0v) is 18.9. The van der Waals surface area contributed by atoms with Crippen LogP contribution in [0, 0.1) is 13.3 Å². The van der Waals surface area contributed by atoms with E-state index in [0.717, 1.165) is 30.5 Å². The number of hydrogen-bond donors (Lipinski definition) is 2. The van der Waals surface area contributed by atoms with E-state index in [1.807, 2.05) is 40.7 Å². The zero-order chi connectivity index (χ0) is 16.0. The van der Waals surface area contributed by atoms with Gasteiger partial charge in [0.25, 0.3) is 0 Å². The van der Waals surface area contributed by atoms with E-state index in [1.165, 1.54) is 10.9 Å². The van der Waals surface area contributed by atoms with Crippen LogP contribution in [-0.4, -0.2) is 10.1 Å². The van der Waals surface area contributed by atoms with Crippen molar-refractivity contribution in [2.45, 2.75) is 66.4 Å². The van der Waals surface area contributed by atoms with Gasteiger partial charge in [-0.05, 0) is 43.7 Å². The van der Waals surface area contributed by atoms with Crippen molar-refractivity contribution in [1.29, 1.82) is 0 Å². The van der Waals surface area contributed by atoms with Gasteiger partial charge < -0.3 is 17.5 Å². The molecule has 1 aromatic heterocycles. The molecular weight excluding hydrogens is 359 g/mol. The molecule has 1 aliphatic rings. The molecule has 1 heterocycles. The van der Waals surface area contributed by atoms with Crippen LogP contribution in [0.1, 0.15) is 65.6 Å². The maximum absolute atomic E-state index is 10.7. The molecule has 3 rings (SSSR count). The maximum atomic E-state index is 10.7. The normalized spacial score (nSPS) is 22.0. The van der Waals surface area contributed by atoms with Gasteiger partial charge in [0.1, 0.15) is 5.60 Å². The summed E-state index contributed by atoms with van der Waals surface area (Å²) in [5.74, 6) is 0.303. The van der Waals surface area contributed by atoms with Gasteiger partial charge in [-0.25, -0.2) is 0 Å². The van der Waals surface area contributed by atoms with E-state index in [9.17, 15) is 5.11 Å². The van der Waals surface area contributed by atoms with Gasteiger partial charge >= 0.3 is 0 Å². The summed E-state index contributed by atoms with van der Waals surface area (Å²) in [6.07, 6.45) is 3.32. The first kappa shape index (κ1) is 25.1. The number of aromatic amines is 1. The molecule has 0 saturated heterocycles. The van der Waals surface area contributed by atoms with Crippen molar-refractivity contribution in [2.75, 3.05) is 0 Å². The molecule has 0 amide bonds. The van der Waals surface area contributed by atoms with Crippen molar-refractivity contribution in [3.05, 3.63) is 42.9 Å². The minimum Gasteiger partial charge on any atom is -0.384 e. The van der Waals surface area contributed by atoms with Crippen molar-refractivity contribution in [3.8, 4) is 0 Å². The van der Waals surface area contributed by atoms with Gasteiger partial charge in [0.05, 0.1) is 5.69 Å². The number of aryl methyl sites for hydroxylation is 1. The van der Waals surface area contributed by atoms with E-state index in [4.69, 9.17) is 0 Å². The minimum absolute atomic E-state index is 0. The molecular formula is C20H34NOY-. The first-order valence-corrected chi connectivity index (χ1v) is 8.43. The second-order valence-electron chi connectivity index (χ2n) is 5.46. The molecule has 23 heavy (non-hydrogen) atoms. The third-order valence-electron chi connectivity index (χ3n) is 4.34. The van der Waals surface area contributed by atoms with E-state index in [1.54, 1.807) is 0 Å². The molecule has 0 fully saturated rings. The van der Waals surface area contributed by atoms with Crippen LogP contribution in [0.4, 0.5) is 0 Å². The fourth-order valence-corrected chi connectivity index (χ4v) is 3.00. The largest absolute Gasteiger partial charge is 0.384 e. The molecule has 2 nitrogen and oxygen atoms in total. The fraction of sp³-hybridized carbons (Fsp3) is 0.550. The van der Waals surface area contributed by atoms with Gasteiger partial charge in [-0.3, -0.25) is 0 Å². The molecule has 0 aliphatic heterocycles. The van der Waals surface area contributed by atoms with Crippen LogP contribution < -0.4 is 0 Å². The summed E-state index contributed by atoms with van der Waals surface area (Å²) in [5.41, 5.74) is 2.76. The van der Waals surface area contributed by atoms with Gasteiger partial charge in [0.15, 0.2) is 0 Å². The Bertz CT molecular complexity index is 560. The second-order valence-corrected chi connectivity index (χ2v) is 5.46. The Kier molecular flexibility index (Phi) is 12.4. The Morgan fingerprint density at radius 3 is 2.30 bits per heavy atom. The van der Waals surface area contributed by atoms with Crippen LogP contribution in [0.15, 0.2) is 24.3 Å². The van der Waals surface area contributed by atoms with E-state index in [0.29, 0.717) is 5.92 Å². The number of aliphatic hydroxyl groups is 1. The minimum atomic E-state index is -0.731.